The standard InChI is InChI=1S/C22H33N7O5/c23-13-18(30)29-11-5-9-17(29)20(32)27-15(8-4-10-26-22(24)25)19(31)28-16(21(33)34)12-14-6-2-1-3-7-14/h1-3,6-7,15-17H,4-5,8-13,23H2,(H,27,32)(H,28,31)(H,33,34)(H4,24,25,26). The van der Waals surface area contributed by atoms with E-state index in [-0.39, 0.29) is 37.8 Å². The Hall–Kier alpha value is -3.67. The molecule has 34 heavy (non-hydrogen) atoms. The molecule has 3 amide bonds. The van der Waals surface area contributed by atoms with E-state index in [9.17, 15) is 24.3 Å². The number of carbonyl (C=O) groups excluding carboxylic acids is 3. The summed E-state index contributed by atoms with van der Waals surface area (Å²) in [4.78, 5) is 55.1. The van der Waals surface area contributed by atoms with E-state index in [0.717, 1.165) is 5.56 Å². The van der Waals surface area contributed by atoms with E-state index in [2.05, 4.69) is 15.6 Å². The Labute approximate surface area is 197 Å². The summed E-state index contributed by atoms with van der Waals surface area (Å²) in [6.07, 6.45) is 1.71. The number of likely N-dealkylation sites (tertiary alicyclic amines) is 1. The topological polar surface area (TPSA) is 206 Å². The lowest BCUT2D eigenvalue weighted by Gasteiger charge is -2.26. The summed E-state index contributed by atoms with van der Waals surface area (Å²) in [5.74, 6) is -2.77. The Morgan fingerprint density at radius 3 is 2.44 bits per heavy atom. The first-order chi connectivity index (χ1) is 16.2. The van der Waals surface area contributed by atoms with Crippen molar-refractivity contribution in [1.82, 2.24) is 15.5 Å². The molecule has 1 fully saturated rings. The maximum Gasteiger partial charge on any atom is 0.326 e. The second kappa shape index (κ2) is 13.1. The summed E-state index contributed by atoms with van der Waals surface area (Å²) in [6, 6.07) is 5.94. The molecule has 186 valence electrons. The van der Waals surface area contributed by atoms with Crippen molar-refractivity contribution in [2.45, 2.75) is 50.2 Å². The van der Waals surface area contributed by atoms with Crippen LogP contribution in [0, 0.1) is 0 Å². The van der Waals surface area contributed by atoms with Crippen molar-refractivity contribution in [1.29, 1.82) is 0 Å². The largest absolute Gasteiger partial charge is 0.480 e. The van der Waals surface area contributed by atoms with E-state index in [1.165, 1.54) is 4.90 Å². The second-order valence-corrected chi connectivity index (χ2v) is 8.05. The molecule has 1 aliphatic heterocycles. The van der Waals surface area contributed by atoms with Crippen molar-refractivity contribution in [3.05, 3.63) is 35.9 Å². The first kappa shape index (κ1) is 26.6. The minimum Gasteiger partial charge on any atom is -0.480 e. The van der Waals surface area contributed by atoms with Gasteiger partial charge in [-0.2, -0.15) is 0 Å². The van der Waals surface area contributed by atoms with Crippen LogP contribution in [0.15, 0.2) is 35.3 Å². The zero-order valence-corrected chi connectivity index (χ0v) is 19.0. The number of carboxylic acid groups (broad SMARTS) is 1. The van der Waals surface area contributed by atoms with E-state index in [1.807, 2.05) is 6.07 Å². The van der Waals surface area contributed by atoms with Gasteiger partial charge in [-0.05, 0) is 31.2 Å². The Morgan fingerprint density at radius 1 is 1.12 bits per heavy atom. The van der Waals surface area contributed by atoms with Crippen LogP contribution in [0.3, 0.4) is 0 Å². The van der Waals surface area contributed by atoms with Gasteiger partial charge >= 0.3 is 5.97 Å². The predicted molar refractivity (Wildman–Crippen MR) is 125 cm³/mol. The number of guanidine groups is 1. The molecule has 1 aromatic carbocycles. The lowest BCUT2D eigenvalue weighted by Crippen LogP contribution is -2.56. The van der Waals surface area contributed by atoms with Crippen molar-refractivity contribution < 1.29 is 24.3 Å². The molecule has 12 nitrogen and oxygen atoms in total. The number of hydrogen-bond donors (Lipinski definition) is 6. The molecule has 2 rings (SSSR count). The number of rotatable bonds is 12. The summed E-state index contributed by atoms with van der Waals surface area (Å²) in [5, 5.41) is 14.8. The van der Waals surface area contributed by atoms with Gasteiger partial charge in [-0.3, -0.25) is 19.4 Å². The van der Waals surface area contributed by atoms with E-state index >= 15 is 0 Å². The fourth-order valence-corrected chi connectivity index (χ4v) is 3.82. The molecule has 3 unspecified atom stereocenters. The number of aliphatic carboxylic acids is 1. The van der Waals surface area contributed by atoms with Crippen LogP contribution in [0.1, 0.15) is 31.2 Å². The number of carboxylic acids is 1. The van der Waals surface area contributed by atoms with Crippen LogP contribution in [-0.4, -0.2) is 77.4 Å². The number of amides is 3. The van der Waals surface area contributed by atoms with Gasteiger partial charge in [-0.15, -0.1) is 0 Å². The van der Waals surface area contributed by atoms with E-state index in [0.29, 0.717) is 25.8 Å². The minimum absolute atomic E-state index is 0.0813. The highest BCUT2D eigenvalue weighted by atomic mass is 16.4. The molecule has 0 radical (unpaired) electrons. The zero-order chi connectivity index (χ0) is 25.1. The number of carbonyl (C=O) groups is 4. The van der Waals surface area contributed by atoms with E-state index in [4.69, 9.17) is 17.2 Å². The Morgan fingerprint density at radius 2 is 1.82 bits per heavy atom. The Balaban J connectivity index is 2.11. The molecule has 1 aliphatic rings. The normalized spacial score (nSPS) is 16.9. The predicted octanol–water partition coefficient (Wildman–Crippen LogP) is -1.71. The molecule has 1 aromatic rings. The summed E-state index contributed by atoms with van der Waals surface area (Å²) in [7, 11) is 0. The van der Waals surface area contributed by atoms with E-state index < -0.39 is 35.9 Å². The van der Waals surface area contributed by atoms with Crippen LogP contribution in [0.4, 0.5) is 0 Å². The van der Waals surface area contributed by atoms with Crippen molar-refractivity contribution in [2.75, 3.05) is 19.6 Å². The highest BCUT2D eigenvalue weighted by molar-refractivity contribution is 5.94. The van der Waals surface area contributed by atoms with Crippen molar-refractivity contribution in [2.24, 2.45) is 22.2 Å². The molecule has 9 N–H and O–H groups in total. The third-order valence-corrected chi connectivity index (χ3v) is 5.53. The Kier molecular flexibility index (Phi) is 10.3. The number of hydrogen-bond acceptors (Lipinski definition) is 6. The van der Waals surface area contributed by atoms with Crippen LogP contribution < -0.4 is 27.8 Å². The average molecular weight is 476 g/mol. The fourth-order valence-electron chi connectivity index (χ4n) is 3.82. The molecule has 12 heteroatoms. The maximum atomic E-state index is 13.0. The number of nitrogens with one attached hydrogen (secondary N) is 2. The monoisotopic (exact) mass is 475 g/mol. The van der Waals surface area contributed by atoms with Crippen LogP contribution in [0.25, 0.3) is 0 Å². The van der Waals surface area contributed by atoms with Crippen LogP contribution in [-0.2, 0) is 25.6 Å². The van der Waals surface area contributed by atoms with Gasteiger partial charge in [0.2, 0.25) is 17.7 Å². The summed E-state index contributed by atoms with van der Waals surface area (Å²) >= 11 is 0. The van der Waals surface area contributed by atoms with Gasteiger partial charge in [0, 0.05) is 19.5 Å². The maximum absolute atomic E-state index is 13.0. The van der Waals surface area contributed by atoms with Crippen LogP contribution in [0.2, 0.25) is 0 Å². The summed E-state index contributed by atoms with van der Waals surface area (Å²) < 4.78 is 0. The number of nitrogens with zero attached hydrogens (tertiary/aromatic N) is 2. The quantitative estimate of drug-likeness (QED) is 0.116. The lowest BCUT2D eigenvalue weighted by molar-refractivity contribution is -0.142. The molecular formula is C22H33N7O5. The third kappa shape index (κ3) is 8.03. The second-order valence-electron chi connectivity index (χ2n) is 8.05. The Bertz CT molecular complexity index is 889. The highest BCUT2D eigenvalue weighted by Crippen LogP contribution is 2.18. The molecule has 0 saturated carbocycles. The lowest BCUT2D eigenvalue weighted by atomic mass is 10.0. The zero-order valence-electron chi connectivity index (χ0n) is 19.0. The molecule has 0 bridgehead atoms. The first-order valence-corrected chi connectivity index (χ1v) is 11.1. The van der Waals surface area contributed by atoms with Gasteiger partial charge in [-0.25, -0.2) is 4.79 Å². The van der Waals surface area contributed by atoms with E-state index in [1.54, 1.807) is 24.3 Å². The van der Waals surface area contributed by atoms with Gasteiger partial charge < -0.3 is 37.8 Å². The summed E-state index contributed by atoms with van der Waals surface area (Å²) in [6.45, 7) is 0.426. The van der Waals surface area contributed by atoms with Crippen molar-refractivity contribution in [3.63, 3.8) is 0 Å². The van der Waals surface area contributed by atoms with Crippen molar-refractivity contribution >= 4 is 29.7 Å². The van der Waals surface area contributed by atoms with Gasteiger partial charge in [0.1, 0.15) is 18.1 Å². The highest BCUT2D eigenvalue weighted by Gasteiger charge is 2.35. The number of aliphatic imine (C=N–C) groups is 1. The molecular weight excluding hydrogens is 442 g/mol. The van der Waals surface area contributed by atoms with Crippen LogP contribution >= 0.6 is 0 Å². The molecule has 0 aliphatic carbocycles. The van der Waals surface area contributed by atoms with Gasteiger partial charge in [0.05, 0.1) is 6.54 Å². The molecule has 0 spiro atoms. The number of benzene rings is 1. The molecule has 0 aromatic heterocycles. The SMILES string of the molecule is NCC(=O)N1CCCC1C(=O)NC(CCCN=C(N)N)C(=O)NC(Cc1ccccc1)C(=O)O. The third-order valence-electron chi connectivity index (χ3n) is 5.53. The molecule has 3 atom stereocenters. The average Bonchev–Trinajstić information content (AvgIpc) is 3.30. The van der Waals surface area contributed by atoms with Crippen molar-refractivity contribution in [3.8, 4) is 0 Å². The fraction of sp³-hybridized carbons (Fsp3) is 0.500. The van der Waals surface area contributed by atoms with Gasteiger partial charge in [0.25, 0.3) is 0 Å². The smallest absolute Gasteiger partial charge is 0.326 e. The van der Waals surface area contributed by atoms with Gasteiger partial charge in [0.15, 0.2) is 5.96 Å². The molecule has 1 saturated heterocycles. The number of nitrogens with two attached hydrogens (primary N) is 3. The van der Waals surface area contributed by atoms with Crippen LogP contribution in [0.5, 0.6) is 0 Å². The first-order valence-electron chi connectivity index (χ1n) is 11.1. The van der Waals surface area contributed by atoms with Gasteiger partial charge in [-0.1, -0.05) is 30.3 Å². The summed E-state index contributed by atoms with van der Waals surface area (Å²) in [5.41, 5.74) is 16.8. The molecule has 1 heterocycles. The minimum atomic E-state index is -1.20.